The van der Waals surface area contributed by atoms with Gasteiger partial charge < -0.3 is 14.9 Å². The van der Waals surface area contributed by atoms with Gasteiger partial charge in [0.25, 0.3) is 0 Å². The van der Waals surface area contributed by atoms with Crippen LogP contribution in [-0.2, 0) is 6.61 Å². The largest absolute Gasteiger partial charge is 0.483 e. The molecule has 0 aliphatic rings. The van der Waals surface area contributed by atoms with Gasteiger partial charge in [-0.2, -0.15) is 0 Å². The Morgan fingerprint density at radius 1 is 1.27 bits per heavy atom. The van der Waals surface area contributed by atoms with Crippen LogP contribution < -0.4 is 10.5 Å². The van der Waals surface area contributed by atoms with E-state index in [4.69, 9.17) is 14.9 Å². The number of anilines is 1. The van der Waals surface area contributed by atoms with Gasteiger partial charge in [0.05, 0.1) is 12.0 Å². The predicted molar refractivity (Wildman–Crippen MR) is 58.6 cm³/mol. The molecule has 0 saturated heterocycles. The summed E-state index contributed by atoms with van der Waals surface area (Å²) in [6, 6.07) is 9.40. The first-order valence-corrected chi connectivity index (χ1v) is 4.77. The first-order chi connectivity index (χ1) is 7.27. The molecule has 0 saturated carbocycles. The molecule has 1 aromatic carbocycles. The van der Waals surface area contributed by atoms with Crippen molar-refractivity contribution < 1.29 is 9.15 Å². The third kappa shape index (κ3) is 2.13. The number of ether oxygens (including phenoxy) is 1. The Balaban J connectivity index is 2.11. The van der Waals surface area contributed by atoms with Crippen molar-refractivity contribution in [3.05, 3.63) is 47.9 Å². The number of rotatable bonds is 3. The summed E-state index contributed by atoms with van der Waals surface area (Å²) in [5, 5.41) is 0. The molecule has 2 rings (SSSR count). The lowest BCUT2D eigenvalue weighted by molar-refractivity contribution is 0.270. The second kappa shape index (κ2) is 4.09. The van der Waals surface area contributed by atoms with Gasteiger partial charge in [-0.3, -0.25) is 0 Å². The highest BCUT2D eigenvalue weighted by atomic mass is 16.5. The average Bonchev–Trinajstić information content (AvgIpc) is 2.70. The molecule has 3 heteroatoms. The van der Waals surface area contributed by atoms with E-state index in [1.54, 1.807) is 6.26 Å². The van der Waals surface area contributed by atoms with Crippen molar-refractivity contribution in [2.75, 3.05) is 5.73 Å². The van der Waals surface area contributed by atoms with Crippen molar-refractivity contribution >= 4 is 5.69 Å². The summed E-state index contributed by atoms with van der Waals surface area (Å²) in [4.78, 5) is 0. The minimum Gasteiger partial charge on any atom is -0.483 e. The highest BCUT2D eigenvalue weighted by Crippen LogP contribution is 2.26. The van der Waals surface area contributed by atoms with Crippen molar-refractivity contribution in [3.8, 4) is 5.75 Å². The van der Waals surface area contributed by atoms with E-state index < -0.39 is 0 Å². The van der Waals surface area contributed by atoms with E-state index in [2.05, 4.69) is 0 Å². The van der Waals surface area contributed by atoms with Crippen LogP contribution in [0.5, 0.6) is 5.75 Å². The standard InChI is InChI=1S/C12H13NO2/c1-9-4-2-6-11(13)12(9)15-8-10-5-3-7-14-10/h2-7H,8,13H2,1H3. The van der Waals surface area contributed by atoms with E-state index in [-0.39, 0.29) is 0 Å². The molecule has 78 valence electrons. The second-order valence-electron chi connectivity index (χ2n) is 3.36. The van der Waals surface area contributed by atoms with Crippen LogP contribution in [0.2, 0.25) is 0 Å². The summed E-state index contributed by atoms with van der Waals surface area (Å²) >= 11 is 0. The fraction of sp³-hybridized carbons (Fsp3) is 0.167. The highest BCUT2D eigenvalue weighted by molar-refractivity contribution is 5.56. The monoisotopic (exact) mass is 203 g/mol. The van der Waals surface area contributed by atoms with Crippen molar-refractivity contribution in [3.63, 3.8) is 0 Å². The molecule has 0 aliphatic carbocycles. The maximum Gasteiger partial charge on any atom is 0.146 e. The molecule has 0 atom stereocenters. The van der Waals surface area contributed by atoms with Gasteiger partial charge in [-0.1, -0.05) is 12.1 Å². The van der Waals surface area contributed by atoms with Crippen LogP contribution in [0.15, 0.2) is 41.0 Å². The molecule has 0 unspecified atom stereocenters. The van der Waals surface area contributed by atoms with Gasteiger partial charge in [0.2, 0.25) is 0 Å². The third-order valence-corrected chi connectivity index (χ3v) is 2.18. The van der Waals surface area contributed by atoms with Crippen LogP contribution in [0.1, 0.15) is 11.3 Å². The first-order valence-electron chi connectivity index (χ1n) is 4.77. The normalized spacial score (nSPS) is 10.2. The van der Waals surface area contributed by atoms with Crippen LogP contribution in [0, 0.1) is 6.92 Å². The Bertz CT molecular complexity index is 415. The minimum atomic E-state index is 0.405. The number of furan rings is 1. The fourth-order valence-electron chi connectivity index (χ4n) is 1.41. The van der Waals surface area contributed by atoms with Gasteiger partial charge >= 0.3 is 0 Å². The lowest BCUT2D eigenvalue weighted by atomic mass is 10.2. The van der Waals surface area contributed by atoms with E-state index in [9.17, 15) is 0 Å². The quantitative estimate of drug-likeness (QED) is 0.780. The lowest BCUT2D eigenvalue weighted by Gasteiger charge is -2.09. The van der Waals surface area contributed by atoms with Crippen LogP contribution >= 0.6 is 0 Å². The zero-order chi connectivity index (χ0) is 10.7. The number of nitrogens with two attached hydrogens (primary N) is 1. The average molecular weight is 203 g/mol. The third-order valence-electron chi connectivity index (χ3n) is 2.18. The second-order valence-corrected chi connectivity index (χ2v) is 3.36. The molecule has 0 bridgehead atoms. The maximum atomic E-state index is 5.81. The van der Waals surface area contributed by atoms with Crippen LogP contribution in [0.25, 0.3) is 0 Å². The van der Waals surface area contributed by atoms with Gasteiger partial charge in [0, 0.05) is 0 Å². The van der Waals surface area contributed by atoms with Gasteiger partial charge in [-0.25, -0.2) is 0 Å². The summed E-state index contributed by atoms with van der Waals surface area (Å²) in [5.41, 5.74) is 7.49. The Morgan fingerprint density at radius 2 is 2.13 bits per heavy atom. The summed E-state index contributed by atoms with van der Waals surface area (Å²) in [6.07, 6.45) is 1.62. The smallest absolute Gasteiger partial charge is 0.146 e. The molecule has 2 N–H and O–H groups in total. The number of benzene rings is 1. The Labute approximate surface area is 88.5 Å². The van der Waals surface area contributed by atoms with Crippen LogP contribution in [0.4, 0.5) is 5.69 Å². The van der Waals surface area contributed by atoms with Gasteiger partial charge in [0.1, 0.15) is 18.1 Å². The Kier molecular flexibility index (Phi) is 2.63. The van der Waals surface area contributed by atoms with E-state index in [1.165, 1.54) is 0 Å². The van der Waals surface area contributed by atoms with Crippen LogP contribution in [0.3, 0.4) is 0 Å². The number of hydrogen-bond donors (Lipinski definition) is 1. The van der Waals surface area contributed by atoms with E-state index >= 15 is 0 Å². The highest BCUT2D eigenvalue weighted by Gasteiger charge is 2.04. The molecular formula is C12H13NO2. The summed E-state index contributed by atoms with van der Waals surface area (Å²) in [6.45, 7) is 2.37. The van der Waals surface area contributed by atoms with Crippen molar-refractivity contribution in [2.45, 2.75) is 13.5 Å². The number of nitrogen functional groups attached to an aromatic ring is 1. The summed E-state index contributed by atoms with van der Waals surface area (Å²) in [5.74, 6) is 1.52. The van der Waals surface area contributed by atoms with Gasteiger partial charge in [-0.05, 0) is 30.7 Å². The number of para-hydroxylation sites is 1. The molecule has 15 heavy (non-hydrogen) atoms. The minimum absolute atomic E-state index is 0.405. The van der Waals surface area contributed by atoms with E-state index in [0.29, 0.717) is 12.3 Å². The molecule has 2 aromatic rings. The first kappa shape index (κ1) is 9.65. The summed E-state index contributed by atoms with van der Waals surface area (Å²) < 4.78 is 10.8. The lowest BCUT2D eigenvalue weighted by Crippen LogP contribution is -1.99. The molecule has 1 heterocycles. The topological polar surface area (TPSA) is 48.4 Å². The Hall–Kier alpha value is -1.90. The molecule has 0 fully saturated rings. The molecule has 0 spiro atoms. The van der Waals surface area contributed by atoms with E-state index in [0.717, 1.165) is 17.1 Å². The molecular weight excluding hydrogens is 190 g/mol. The Morgan fingerprint density at radius 3 is 2.80 bits per heavy atom. The van der Waals surface area contributed by atoms with Crippen molar-refractivity contribution in [1.29, 1.82) is 0 Å². The molecule has 0 amide bonds. The summed E-state index contributed by atoms with van der Waals surface area (Å²) in [7, 11) is 0. The van der Waals surface area contributed by atoms with Crippen molar-refractivity contribution in [1.82, 2.24) is 0 Å². The predicted octanol–water partition coefficient (Wildman–Crippen LogP) is 2.75. The van der Waals surface area contributed by atoms with Gasteiger partial charge in [0.15, 0.2) is 0 Å². The zero-order valence-corrected chi connectivity index (χ0v) is 8.57. The molecule has 0 radical (unpaired) electrons. The number of hydrogen-bond acceptors (Lipinski definition) is 3. The number of aryl methyl sites for hydroxylation is 1. The SMILES string of the molecule is Cc1cccc(N)c1OCc1ccco1. The molecule has 1 aromatic heterocycles. The molecule has 0 aliphatic heterocycles. The maximum absolute atomic E-state index is 5.81. The molecule has 3 nitrogen and oxygen atoms in total. The fourth-order valence-corrected chi connectivity index (χ4v) is 1.41. The van der Waals surface area contributed by atoms with Crippen molar-refractivity contribution in [2.24, 2.45) is 0 Å². The van der Waals surface area contributed by atoms with Gasteiger partial charge in [-0.15, -0.1) is 0 Å². The zero-order valence-electron chi connectivity index (χ0n) is 8.57. The van der Waals surface area contributed by atoms with Crippen LogP contribution in [-0.4, -0.2) is 0 Å². The van der Waals surface area contributed by atoms with E-state index in [1.807, 2.05) is 37.3 Å².